The van der Waals surface area contributed by atoms with E-state index in [0.29, 0.717) is 5.92 Å². The van der Waals surface area contributed by atoms with Gasteiger partial charge in [0.05, 0.1) is 0 Å². The number of nitrogens with zero attached hydrogens (tertiary/aromatic N) is 1. The van der Waals surface area contributed by atoms with E-state index in [9.17, 15) is 0 Å². The average Bonchev–Trinajstić information content (AvgIpc) is 3.02. The van der Waals surface area contributed by atoms with E-state index in [1.165, 1.54) is 56.3 Å². The van der Waals surface area contributed by atoms with E-state index in [1.807, 2.05) is 12.1 Å². The van der Waals surface area contributed by atoms with Gasteiger partial charge in [0, 0.05) is 17.0 Å². The van der Waals surface area contributed by atoms with E-state index >= 15 is 0 Å². The zero-order chi connectivity index (χ0) is 16.8. The quantitative estimate of drug-likeness (QED) is 0.548. The van der Waals surface area contributed by atoms with Gasteiger partial charge in [-0.05, 0) is 69.0 Å². The van der Waals surface area contributed by atoms with Gasteiger partial charge in [0.25, 0.3) is 0 Å². The van der Waals surface area contributed by atoms with Gasteiger partial charge in [-0.25, -0.2) is 0 Å². The van der Waals surface area contributed by atoms with Gasteiger partial charge in [-0.15, -0.1) is 0 Å². The van der Waals surface area contributed by atoms with Crippen molar-refractivity contribution in [1.82, 2.24) is 4.90 Å². The van der Waals surface area contributed by atoms with Crippen LogP contribution in [0.25, 0.3) is 0 Å². The normalized spacial score (nSPS) is 19.5. The van der Waals surface area contributed by atoms with Gasteiger partial charge in [-0.1, -0.05) is 60.5 Å². The lowest BCUT2D eigenvalue weighted by Crippen LogP contribution is -2.27. The first-order valence-electron chi connectivity index (χ1n) is 9.28. The van der Waals surface area contributed by atoms with Crippen molar-refractivity contribution in [2.45, 2.75) is 51.0 Å². The summed E-state index contributed by atoms with van der Waals surface area (Å²) in [6, 6.07) is 20.1. The third-order valence-electron chi connectivity index (χ3n) is 5.35. The standard InChI is InChI=1S/C22H28ClN/c1-18-8-7-17-24(18)16-6-5-11-22(19-9-3-2-4-10-19)20-12-14-21(23)15-13-20/h2-4,9-10,12-15,18,22H,5-8,11,16-17H2,1H3. The van der Waals surface area contributed by atoms with Crippen LogP contribution in [0.2, 0.25) is 5.02 Å². The van der Waals surface area contributed by atoms with E-state index in [0.717, 1.165) is 11.1 Å². The minimum absolute atomic E-state index is 0.472. The Balaban J connectivity index is 1.61. The van der Waals surface area contributed by atoms with Crippen LogP contribution in [0.1, 0.15) is 56.1 Å². The Kier molecular flexibility index (Phi) is 6.34. The van der Waals surface area contributed by atoms with Crippen LogP contribution in [0.3, 0.4) is 0 Å². The Hall–Kier alpha value is -1.31. The molecule has 2 aromatic rings. The van der Waals surface area contributed by atoms with Crippen LogP contribution < -0.4 is 0 Å². The highest BCUT2D eigenvalue weighted by Gasteiger charge is 2.19. The molecule has 24 heavy (non-hydrogen) atoms. The Labute approximate surface area is 151 Å². The lowest BCUT2D eigenvalue weighted by atomic mass is 9.87. The number of benzene rings is 2. The van der Waals surface area contributed by atoms with Crippen LogP contribution in [0.15, 0.2) is 54.6 Å². The van der Waals surface area contributed by atoms with Crippen LogP contribution >= 0.6 is 11.6 Å². The van der Waals surface area contributed by atoms with E-state index in [-0.39, 0.29) is 0 Å². The monoisotopic (exact) mass is 341 g/mol. The zero-order valence-electron chi connectivity index (χ0n) is 14.6. The Morgan fingerprint density at radius 1 is 1.00 bits per heavy atom. The van der Waals surface area contributed by atoms with E-state index in [4.69, 9.17) is 11.6 Å². The summed E-state index contributed by atoms with van der Waals surface area (Å²) in [7, 11) is 0. The Bertz CT molecular complexity index is 608. The topological polar surface area (TPSA) is 3.24 Å². The second-order valence-corrected chi connectivity index (χ2v) is 7.47. The highest BCUT2D eigenvalue weighted by Crippen LogP contribution is 2.30. The third-order valence-corrected chi connectivity index (χ3v) is 5.60. The molecule has 1 fully saturated rings. The van der Waals surface area contributed by atoms with Crippen LogP contribution in [-0.4, -0.2) is 24.0 Å². The van der Waals surface area contributed by atoms with Crippen molar-refractivity contribution < 1.29 is 0 Å². The molecule has 0 radical (unpaired) electrons. The fourth-order valence-corrected chi connectivity index (χ4v) is 4.02. The molecule has 0 spiro atoms. The molecule has 128 valence electrons. The first-order chi connectivity index (χ1) is 11.7. The molecule has 0 aromatic heterocycles. The van der Waals surface area contributed by atoms with Crippen molar-refractivity contribution >= 4 is 11.6 Å². The third kappa shape index (κ3) is 4.62. The van der Waals surface area contributed by atoms with Gasteiger partial charge < -0.3 is 4.90 Å². The molecule has 1 nitrogen and oxygen atoms in total. The summed E-state index contributed by atoms with van der Waals surface area (Å²) >= 11 is 6.07. The fraction of sp³-hybridized carbons (Fsp3) is 0.455. The molecule has 2 heteroatoms. The van der Waals surface area contributed by atoms with Crippen molar-refractivity contribution in [1.29, 1.82) is 0 Å². The number of unbranched alkanes of at least 4 members (excludes halogenated alkanes) is 1. The molecular weight excluding hydrogens is 314 g/mol. The van der Waals surface area contributed by atoms with Crippen molar-refractivity contribution in [3.05, 3.63) is 70.7 Å². The van der Waals surface area contributed by atoms with Gasteiger partial charge in [0.15, 0.2) is 0 Å². The van der Waals surface area contributed by atoms with Crippen molar-refractivity contribution in [2.75, 3.05) is 13.1 Å². The molecular formula is C22H28ClN. The van der Waals surface area contributed by atoms with Crippen LogP contribution in [0.4, 0.5) is 0 Å². The average molecular weight is 342 g/mol. The lowest BCUT2D eigenvalue weighted by molar-refractivity contribution is 0.262. The predicted molar refractivity (Wildman–Crippen MR) is 104 cm³/mol. The largest absolute Gasteiger partial charge is 0.301 e. The smallest absolute Gasteiger partial charge is 0.0406 e. The maximum absolute atomic E-state index is 6.07. The summed E-state index contributed by atoms with van der Waals surface area (Å²) in [5.74, 6) is 0.472. The summed E-state index contributed by atoms with van der Waals surface area (Å²) in [4.78, 5) is 2.65. The van der Waals surface area contributed by atoms with Gasteiger partial charge in [0.2, 0.25) is 0 Å². The number of hydrogen-bond acceptors (Lipinski definition) is 1. The molecule has 2 unspecified atom stereocenters. The van der Waals surface area contributed by atoms with Crippen LogP contribution in [-0.2, 0) is 0 Å². The van der Waals surface area contributed by atoms with Gasteiger partial charge in [-0.2, -0.15) is 0 Å². The summed E-state index contributed by atoms with van der Waals surface area (Å²) in [5.41, 5.74) is 2.79. The van der Waals surface area contributed by atoms with Crippen molar-refractivity contribution in [3.63, 3.8) is 0 Å². The minimum atomic E-state index is 0.472. The summed E-state index contributed by atoms with van der Waals surface area (Å²) in [6.07, 6.45) is 6.51. The number of rotatable bonds is 7. The first kappa shape index (κ1) is 17.5. The number of likely N-dealkylation sites (tertiary alicyclic amines) is 1. The van der Waals surface area contributed by atoms with Crippen LogP contribution in [0.5, 0.6) is 0 Å². The fourth-order valence-electron chi connectivity index (χ4n) is 3.89. The molecule has 1 saturated heterocycles. The maximum atomic E-state index is 6.07. The minimum Gasteiger partial charge on any atom is -0.301 e. The number of halogens is 1. The summed E-state index contributed by atoms with van der Waals surface area (Å²) in [5, 5.41) is 0.814. The van der Waals surface area contributed by atoms with E-state index < -0.39 is 0 Å². The van der Waals surface area contributed by atoms with Gasteiger partial charge >= 0.3 is 0 Å². The summed E-state index contributed by atoms with van der Waals surface area (Å²) < 4.78 is 0. The summed E-state index contributed by atoms with van der Waals surface area (Å²) in [6.45, 7) is 4.91. The van der Waals surface area contributed by atoms with Crippen molar-refractivity contribution in [3.8, 4) is 0 Å². The van der Waals surface area contributed by atoms with E-state index in [1.54, 1.807) is 0 Å². The predicted octanol–water partition coefficient (Wildman–Crippen LogP) is 6.13. The lowest BCUT2D eigenvalue weighted by Gasteiger charge is -2.22. The first-order valence-corrected chi connectivity index (χ1v) is 9.66. The highest BCUT2D eigenvalue weighted by molar-refractivity contribution is 6.30. The molecule has 0 bridgehead atoms. The molecule has 3 rings (SSSR count). The highest BCUT2D eigenvalue weighted by atomic mass is 35.5. The molecule has 2 atom stereocenters. The molecule has 0 aliphatic carbocycles. The SMILES string of the molecule is CC1CCCN1CCCCC(c1ccccc1)c1ccc(Cl)cc1. The zero-order valence-corrected chi connectivity index (χ0v) is 15.4. The van der Waals surface area contributed by atoms with Crippen LogP contribution in [0, 0.1) is 0 Å². The Morgan fingerprint density at radius 3 is 2.38 bits per heavy atom. The molecule has 0 amide bonds. The van der Waals surface area contributed by atoms with Gasteiger partial charge in [-0.3, -0.25) is 0 Å². The molecule has 0 saturated carbocycles. The Morgan fingerprint density at radius 2 is 1.71 bits per heavy atom. The van der Waals surface area contributed by atoms with E-state index in [2.05, 4.69) is 54.3 Å². The second kappa shape index (κ2) is 8.69. The molecule has 1 aliphatic rings. The number of hydrogen-bond donors (Lipinski definition) is 0. The van der Waals surface area contributed by atoms with Crippen molar-refractivity contribution in [2.24, 2.45) is 0 Å². The molecule has 1 aliphatic heterocycles. The second-order valence-electron chi connectivity index (χ2n) is 7.04. The molecule has 0 N–H and O–H groups in total. The maximum Gasteiger partial charge on any atom is 0.0406 e. The van der Waals surface area contributed by atoms with Gasteiger partial charge in [0.1, 0.15) is 0 Å². The molecule has 2 aromatic carbocycles. The molecule has 1 heterocycles.